The van der Waals surface area contributed by atoms with Gasteiger partial charge in [0.2, 0.25) is 5.91 Å². The Bertz CT molecular complexity index is 1210. The molecule has 1 aromatic heterocycles. The molecule has 0 unspecified atom stereocenters. The van der Waals surface area contributed by atoms with E-state index in [0.717, 1.165) is 22.3 Å². The highest BCUT2D eigenvalue weighted by Gasteiger charge is 2.12. The Morgan fingerprint density at radius 1 is 0.967 bits per heavy atom. The van der Waals surface area contributed by atoms with Gasteiger partial charge in [-0.05, 0) is 48.0 Å². The zero-order chi connectivity index (χ0) is 21.1. The highest BCUT2D eigenvalue weighted by Crippen LogP contribution is 2.20. The lowest BCUT2D eigenvalue weighted by atomic mass is 10.1. The fraction of sp³-hybridized carbons (Fsp3) is 0.125. The Kier molecular flexibility index (Phi) is 5.30. The number of fused-ring (bicyclic) bond motifs is 1. The van der Waals surface area contributed by atoms with Crippen LogP contribution in [0.15, 0.2) is 79.1 Å². The third kappa shape index (κ3) is 3.93. The lowest BCUT2D eigenvalue weighted by molar-refractivity contribution is -0.128. The monoisotopic (exact) mass is 398 g/mol. The van der Waals surface area contributed by atoms with Gasteiger partial charge in [0.25, 0.3) is 5.91 Å². The van der Waals surface area contributed by atoms with Crippen molar-refractivity contribution in [2.24, 2.45) is 0 Å². The molecule has 0 atom stereocenters. The number of hydrogen-bond acceptors (Lipinski definition) is 3. The Labute approximate surface area is 174 Å². The van der Waals surface area contributed by atoms with Crippen LogP contribution >= 0.6 is 0 Å². The van der Waals surface area contributed by atoms with E-state index in [9.17, 15) is 9.59 Å². The molecule has 0 saturated carbocycles. The molecule has 0 bridgehead atoms. The zero-order valence-electron chi connectivity index (χ0n) is 16.9. The van der Waals surface area contributed by atoms with Crippen molar-refractivity contribution < 1.29 is 9.59 Å². The molecule has 1 heterocycles. The summed E-state index contributed by atoms with van der Waals surface area (Å²) in [5.74, 6) is -0.228. The van der Waals surface area contributed by atoms with Gasteiger partial charge in [0.15, 0.2) is 0 Å². The van der Waals surface area contributed by atoms with Gasteiger partial charge in [0, 0.05) is 37.5 Å². The van der Waals surface area contributed by atoms with E-state index in [1.54, 1.807) is 30.4 Å². The molecule has 0 aliphatic heterocycles. The summed E-state index contributed by atoms with van der Waals surface area (Å²) >= 11 is 0. The Hall–Kier alpha value is -3.93. The number of carbonyl (C=O) groups is 2. The molecule has 1 N–H and O–H groups in total. The minimum atomic E-state index is -0.199. The maximum absolute atomic E-state index is 12.8. The van der Waals surface area contributed by atoms with Crippen LogP contribution in [0.1, 0.15) is 22.8 Å². The SMILES string of the molecule is CC(=O)N(C)Cc1ccccc1NC(=O)c1ccc(-n2cnc3ccccc32)cc1. The summed E-state index contributed by atoms with van der Waals surface area (Å²) in [5.41, 5.74) is 5.00. The average molecular weight is 398 g/mol. The topological polar surface area (TPSA) is 67.2 Å². The summed E-state index contributed by atoms with van der Waals surface area (Å²) in [7, 11) is 1.74. The summed E-state index contributed by atoms with van der Waals surface area (Å²) in [6.07, 6.45) is 1.78. The number of rotatable bonds is 5. The van der Waals surface area contributed by atoms with Gasteiger partial charge in [-0.2, -0.15) is 0 Å². The molecule has 6 heteroatoms. The van der Waals surface area contributed by atoms with Crippen molar-refractivity contribution >= 4 is 28.5 Å². The van der Waals surface area contributed by atoms with E-state index >= 15 is 0 Å². The van der Waals surface area contributed by atoms with E-state index in [2.05, 4.69) is 10.3 Å². The molecule has 0 radical (unpaired) electrons. The third-order valence-corrected chi connectivity index (χ3v) is 5.07. The molecule has 30 heavy (non-hydrogen) atoms. The molecule has 4 aromatic rings. The third-order valence-electron chi connectivity index (χ3n) is 5.07. The summed E-state index contributed by atoms with van der Waals surface area (Å²) in [6.45, 7) is 1.95. The molecule has 4 rings (SSSR count). The van der Waals surface area contributed by atoms with Gasteiger partial charge in [-0.15, -0.1) is 0 Å². The normalized spacial score (nSPS) is 10.7. The highest BCUT2D eigenvalue weighted by molar-refractivity contribution is 6.04. The molecule has 0 aliphatic carbocycles. The average Bonchev–Trinajstić information content (AvgIpc) is 3.19. The predicted molar refractivity (Wildman–Crippen MR) is 118 cm³/mol. The van der Waals surface area contributed by atoms with Gasteiger partial charge in [-0.25, -0.2) is 4.98 Å². The number of benzene rings is 3. The van der Waals surface area contributed by atoms with Crippen molar-refractivity contribution in [2.45, 2.75) is 13.5 Å². The zero-order valence-corrected chi connectivity index (χ0v) is 16.9. The summed E-state index contributed by atoms with van der Waals surface area (Å²) < 4.78 is 1.99. The lowest BCUT2D eigenvalue weighted by Crippen LogP contribution is -2.24. The number of amides is 2. The van der Waals surface area contributed by atoms with E-state index in [1.165, 1.54) is 6.92 Å². The van der Waals surface area contributed by atoms with E-state index in [1.807, 2.05) is 65.2 Å². The first-order valence-corrected chi connectivity index (χ1v) is 9.66. The van der Waals surface area contributed by atoms with Crippen LogP contribution in [0.5, 0.6) is 0 Å². The molecule has 0 spiro atoms. The van der Waals surface area contributed by atoms with Crippen LogP contribution in [0, 0.1) is 0 Å². The smallest absolute Gasteiger partial charge is 0.255 e. The second-order valence-corrected chi connectivity index (χ2v) is 7.14. The van der Waals surface area contributed by atoms with Gasteiger partial charge >= 0.3 is 0 Å². The summed E-state index contributed by atoms with van der Waals surface area (Å²) in [4.78, 5) is 30.3. The molecule has 150 valence electrons. The number of para-hydroxylation sites is 3. The van der Waals surface area contributed by atoms with Crippen molar-refractivity contribution in [1.82, 2.24) is 14.5 Å². The Morgan fingerprint density at radius 3 is 2.43 bits per heavy atom. The minimum Gasteiger partial charge on any atom is -0.342 e. The van der Waals surface area contributed by atoms with Gasteiger partial charge in [0.05, 0.1) is 11.0 Å². The number of hydrogen-bond donors (Lipinski definition) is 1. The second-order valence-electron chi connectivity index (χ2n) is 7.14. The standard InChI is InChI=1S/C24H22N4O2/c1-17(29)27(2)15-19-7-3-4-8-21(19)26-24(30)18-11-13-20(14-12-18)28-16-25-22-9-5-6-10-23(22)28/h3-14,16H,15H2,1-2H3,(H,26,30). The van der Waals surface area contributed by atoms with Crippen LogP contribution in [0.25, 0.3) is 16.7 Å². The highest BCUT2D eigenvalue weighted by atomic mass is 16.2. The van der Waals surface area contributed by atoms with Crippen molar-refractivity contribution in [2.75, 3.05) is 12.4 Å². The molecular weight excluding hydrogens is 376 g/mol. The Balaban J connectivity index is 1.53. The predicted octanol–water partition coefficient (Wildman–Crippen LogP) is 4.26. The maximum atomic E-state index is 12.8. The van der Waals surface area contributed by atoms with Gasteiger partial charge in [0.1, 0.15) is 6.33 Å². The van der Waals surface area contributed by atoms with Crippen molar-refractivity contribution in [3.05, 3.63) is 90.3 Å². The van der Waals surface area contributed by atoms with Crippen molar-refractivity contribution in [1.29, 1.82) is 0 Å². The van der Waals surface area contributed by atoms with Gasteiger partial charge in [-0.3, -0.25) is 14.2 Å². The number of nitrogens with one attached hydrogen (secondary N) is 1. The van der Waals surface area contributed by atoms with Crippen LogP contribution in [0.2, 0.25) is 0 Å². The Morgan fingerprint density at radius 2 is 1.67 bits per heavy atom. The quantitative estimate of drug-likeness (QED) is 0.546. The van der Waals surface area contributed by atoms with Crippen LogP contribution in [-0.2, 0) is 11.3 Å². The number of nitrogens with zero attached hydrogens (tertiary/aromatic N) is 3. The van der Waals surface area contributed by atoms with Crippen LogP contribution < -0.4 is 5.32 Å². The number of aromatic nitrogens is 2. The number of imidazole rings is 1. The molecular formula is C24H22N4O2. The minimum absolute atomic E-state index is 0.0289. The first-order chi connectivity index (χ1) is 14.5. The van der Waals surface area contributed by atoms with Crippen LogP contribution in [0.3, 0.4) is 0 Å². The fourth-order valence-corrected chi connectivity index (χ4v) is 3.28. The van der Waals surface area contributed by atoms with Crippen molar-refractivity contribution in [3.63, 3.8) is 0 Å². The summed E-state index contributed by atoms with van der Waals surface area (Å²) in [6, 6.07) is 22.8. The van der Waals surface area contributed by atoms with Crippen LogP contribution in [-0.4, -0.2) is 33.3 Å². The molecule has 0 fully saturated rings. The summed E-state index contributed by atoms with van der Waals surface area (Å²) in [5, 5.41) is 2.96. The van der Waals surface area contributed by atoms with E-state index in [0.29, 0.717) is 17.8 Å². The number of anilines is 1. The molecule has 0 saturated heterocycles. The number of carbonyl (C=O) groups excluding carboxylic acids is 2. The largest absolute Gasteiger partial charge is 0.342 e. The van der Waals surface area contributed by atoms with Gasteiger partial charge in [-0.1, -0.05) is 30.3 Å². The van der Waals surface area contributed by atoms with E-state index in [4.69, 9.17) is 0 Å². The van der Waals surface area contributed by atoms with Gasteiger partial charge < -0.3 is 10.2 Å². The van der Waals surface area contributed by atoms with E-state index in [-0.39, 0.29) is 11.8 Å². The molecule has 3 aromatic carbocycles. The fourth-order valence-electron chi connectivity index (χ4n) is 3.28. The molecule has 0 aliphatic rings. The van der Waals surface area contributed by atoms with E-state index < -0.39 is 0 Å². The first-order valence-electron chi connectivity index (χ1n) is 9.66. The molecule has 2 amide bonds. The van der Waals surface area contributed by atoms with Crippen molar-refractivity contribution in [3.8, 4) is 5.69 Å². The maximum Gasteiger partial charge on any atom is 0.255 e. The molecule has 6 nitrogen and oxygen atoms in total. The van der Waals surface area contributed by atoms with Crippen LogP contribution in [0.4, 0.5) is 5.69 Å². The first kappa shape index (κ1) is 19.4. The lowest BCUT2D eigenvalue weighted by Gasteiger charge is -2.18. The second kappa shape index (κ2) is 8.21.